The van der Waals surface area contributed by atoms with E-state index >= 15 is 0 Å². The zero-order valence-electron chi connectivity index (χ0n) is 11.4. The minimum absolute atomic E-state index is 0.222. The minimum Gasteiger partial charge on any atom is -0.493 e. The molecule has 3 heteroatoms. The van der Waals surface area contributed by atoms with Crippen molar-refractivity contribution in [1.29, 1.82) is 0 Å². The van der Waals surface area contributed by atoms with Crippen LogP contribution in [-0.2, 0) is 6.42 Å². The van der Waals surface area contributed by atoms with E-state index in [1.165, 1.54) is 22.3 Å². The van der Waals surface area contributed by atoms with E-state index in [1.54, 1.807) is 11.3 Å². The summed E-state index contributed by atoms with van der Waals surface area (Å²) in [4.78, 5) is 0. The smallest absolute Gasteiger partial charge is 0.127 e. The summed E-state index contributed by atoms with van der Waals surface area (Å²) in [6.45, 7) is 3.01. The first-order valence-corrected chi connectivity index (χ1v) is 7.70. The van der Waals surface area contributed by atoms with Gasteiger partial charge in [-0.2, -0.15) is 11.3 Å². The number of aryl methyl sites for hydroxylation is 2. The number of hydrogen-bond donors (Lipinski definition) is 1. The van der Waals surface area contributed by atoms with Gasteiger partial charge in [-0.25, -0.2) is 0 Å². The van der Waals surface area contributed by atoms with Crippen LogP contribution < -0.4 is 10.1 Å². The van der Waals surface area contributed by atoms with E-state index in [9.17, 15) is 0 Å². The van der Waals surface area contributed by atoms with Gasteiger partial charge >= 0.3 is 0 Å². The summed E-state index contributed by atoms with van der Waals surface area (Å²) in [5, 5.41) is 7.88. The Morgan fingerprint density at radius 3 is 2.89 bits per heavy atom. The average molecular weight is 273 g/mol. The Kier molecular flexibility index (Phi) is 3.58. The van der Waals surface area contributed by atoms with Crippen molar-refractivity contribution >= 4 is 11.3 Å². The standard InChI is InChI=1S/C16H19NOS/c1-11-9-19-10-14(11)15(17-2)13-7-3-5-12-6-4-8-18-16(12)13/h3,5,7,9-10,15,17H,4,6,8H2,1-2H3. The first-order chi connectivity index (χ1) is 9.31. The van der Waals surface area contributed by atoms with Gasteiger partial charge in [-0.3, -0.25) is 0 Å². The zero-order chi connectivity index (χ0) is 13.2. The maximum Gasteiger partial charge on any atom is 0.127 e. The van der Waals surface area contributed by atoms with Crippen molar-refractivity contribution in [3.8, 4) is 5.75 Å². The molecule has 0 saturated heterocycles. The highest BCUT2D eigenvalue weighted by atomic mass is 32.1. The van der Waals surface area contributed by atoms with Crippen LogP contribution in [-0.4, -0.2) is 13.7 Å². The van der Waals surface area contributed by atoms with Gasteiger partial charge in [0.25, 0.3) is 0 Å². The van der Waals surface area contributed by atoms with Crippen molar-refractivity contribution < 1.29 is 4.74 Å². The lowest BCUT2D eigenvalue weighted by molar-refractivity contribution is 0.283. The second kappa shape index (κ2) is 5.35. The van der Waals surface area contributed by atoms with E-state index in [0.717, 1.165) is 25.2 Å². The van der Waals surface area contributed by atoms with Crippen LogP contribution in [0.1, 0.15) is 34.7 Å². The van der Waals surface area contributed by atoms with Crippen molar-refractivity contribution in [2.75, 3.05) is 13.7 Å². The van der Waals surface area contributed by atoms with Crippen LogP contribution >= 0.6 is 11.3 Å². The molecule has 19 heavy (non-hydrogen) atoms. The molecule has 0 radical (unpaired) electrons. The second-order valence-corrected chi connectivity index (χ2v) is 5.76. The lowest BCUT2D eigenvalue weighted by atomic mass is 9.93. The third kappa shape index (κ3) is 2.28. The van der Waals surface area contributed by atoms with Crippen LogP contribution in [0.25, 0.3) is 0 Å². The number of nitrogens with one attached hydrogen (secondary N) is 1. The molecule has 0 saturated carbocycles. The molecule has 1 atom stereocenters. The predicted octanol–water partition coefficient (Wildman–Crippen LogP) is 3.69. The highest BCUT2D eigenvalue weighted by Crippen LogP contribution is 2.37. The molecule has 1 aliphatic rings. The molecule has 3 rings (SSSR count). The summed E-state index contributed by atoms with van der Waals surface area (Å²) in [5.74, 6) is 1.10. The highest BCUT2D eigenvalue weighted by Gasteiger charge is 2.22. The Balaban J connectivity index is 2.07. The summed E-state index contributed by atoms with van der Waals surface area (Å²) >= 11 is 1.76. The van der Waals surface area contributed by atoms with Crippen molar-refractivity contribution in [2.24, 2.45) is 0 Å². The third-order valence-electron chi connectivity index (χ3n) is 3.77. The molecule has 1 aromatic carbocycles. The first kappa shape index (κ1) is 12.7. The van der Waals surface area contributed by atoms with E-state index in [2.05, 4.69) is 41.2 Å². The number of hydrogen-bond acceptors (Lipinski definition) is 3. The maximum atomic E-state index is 5.94. The lowest BCUT2D eigenvalue weighted by Crippen LogP contribution is -2.21. The molecular weight excluding hydrogens is 254 g/mol. The van der Waals surface area contributed by atoms with E-state index in [4.69, 9.17) is 4.74 Å². The zero-order valence-corrected chi connectivity index (χ0v) is 12.2. The molecule has 2 aromatic rings. The molecule has 2 heterocycles. The van der Waals surface area contributed by atoms with Gasteiger partial charge in [-0.15, -0.1) is 0 Å². The van der Waals surface area contributed by atoms with Gasteiger partial charge in [0.15, 0.2) is 0 Å². The van der Waals surface area contributed by atoms with E-state index < -0.39 is 0 Å². The summed E-state index contributed by atoms with van der Waals surface area (Å²) < 4.78 is 5.94. The SMILES string of the molecule is CNC(c1cscc1C)c1cccc2c1OCCC2. The molecule has 1 N–H and O–H groups in total. The van der Waals surface area contributed by atoms with Crippen molar-refractivity contribution in [3.63, 3.8) is 0 Å². The molecule has 1 unspecified atom stereocenters. The molecule has 0 aliphatic carbocycles. The Morgan fingerprint density at radius 2 is 2.16 bits per heavy atom. The Bertz CT molecular complexity index is 576. The van der Waals surface area contributed by atoms with E-state index in [0.29, 0.717) is 0 Å². The van der Waals surface area contributed by atoms with Crippen LogP contribution in [0, 0.1) is 6.92 Å². The Hall–Kier alpha value is -1.32. The van der Waals surface area contributed by atoms with Gasteiger partial charge in [0.05, 0.1) is 12.6 Å². The summed E-state index contributed by atoms with van der Waals surface area (Å²) in [7, 11) is 2.02. The molecule has 100 valence electrons. The second-order valence-electron chi connectivity index (χ2n) is 5.02. The van der Waals surface area contributed by atoms with E-state index in [1.807, 2.05) is 7.05 Å². The van der Waals surface area contributed by atoms with Gasteiger partial charge in [-0.05, 0) is 54.3 Å². The van der Waals surface area contributed by atoms with Gasteiger partial charge < -0.3 is 10.1 Å². The lowest BCUT2D eigenvalue weighted by Gasteiger charge is -2.25. The fourth-order valence-electron chi connectivity index (χ4n) is 2.79. The van der Waals surface area contributed by atoms with Crippen molar-refractivity contribution in [2.45, 2.75) is 25.8 Å². The topological polar surface area (TPSA) is 21.3 Å². The van der Waals surface area contributed by atoms with Gasteiger partial charge in [0, 0.05) is 5.56 Å². The minimum atomic E-state index is 0.222. The monoisotopic (exact) mass is 273 g/mol. The van der Waals surface area contributed by atoms with Crippen LogP contribution in [0.5, 0.6) is 5.75 Å². The largest absolute Gasteiger partial charge is 0.493 e. The first-order valence-electron chi connectivity index (χ1n) is 6.76. The molecule has 0 spiro atoms. The fraction of sp³-hybridized carbons (Fsp3) is 0.375. The summed E-state index contributed by atoms with van der Waals surface area (Å²) in [6.07, 6.45) is 2.25. The molecule has 0 amide bonds. The number of thiophene rings is 1. The highest BCUT2D eigenvalue weighted by molar-refractivity contribution is 7.08. The van der Waals surface area contributed by atoms with Gasteiger partial charge in [-0.1, -0.05) is 18.2 Å². The molecule has 1 aliphatic heterocycles. The summed E-state index contributed by atoms with van der Waals surface area (Å²) in [6, 6.07) is 6.74. The van der Waals surface area contributed by atoms with Crippen LogP contribution in [0.3, 0.4) is 0 Å². The predicted molar refractivity (Wildman–Crippen MR) is 80.2 cm³/mol. The van der Waals surface area contributed by atoms with Gasteiger partial charge in [0.1, 0.15) is 5.75 Å². The molecule has 0 fully saturated rings. The number of benzene rings is 1. The molecular formula is C16H19NOS. The number of ether oxygens (including phenoxy) is 1. The van der Waals surface area contributed by atoms with E-state index in [-0.39, 0.29) is 6.04 Å². The van der Waals surface area contributed by atoms with Gasteiger partial charge in [0.2, 0.25) is 0 Å². The maximum absolute atomic E-state index is 5.94. The van der Waals surface area contributed by atoms with Crippen LogP contribution in [0.15, 0.2) is 29.0 Å². The summed E-state index contributed by atoms with van der Waals surface area (Å²) in [5.41, 5.74) is 5.31. The number of fused-ring (bicyclic) bond motifs is 1. The van der Waals surface area contributed by atoms with Crippen molar-refractivity contribution in [1.82, 2.24) is 5.32 Å². The number of rotatable bonds is 3. The molecule has 1 aromatic heterocycles. The molecule has 2 nitrogen and oxygen atoms in total. The number of para-hydroxylation sites is 1. The Labute approximate surface area is 118 Å². The Morgan fingerprint density at radius 1 is 1.26 bits per heavy atom. The van der Waals surface area contributed by atoms with Crippen molar-refractivity contribution in [3.05, 3.63) is 51.2 Å². The quantitative estimate of drug-likeness (QED) is 0.921. The fourth-order valence-corrected chi connectivity index (χ4v) is 3.66. The average Bonchev–Trinajstić information content (AvgIpc) is 2.86. The molecule has 0 bridgehead atoms. The van der Waals surface area contributed by atoms with Crippen LogP contribution in [0.4, 0.5) is 0 Å². The van der Waals surface area contributed by atoms with Crippen LogP contribution in [0.2, 0.25) is 0 Å². The normalized spacial score (nSPS) is 15.7. The third-order valence-corrected chi connectivity index (χ3v) is 4.65.